The highest BCUT2D eigenvalue weighted by molar-refractivity contribution is 5.85. The second-order valence-corrected chi connectivity index (χ2v) is 6.09. The van der Waals surface area contributed by atoms with Crippen molar-refractivity contribution in [1.82, 2.24) is 15.1 Å². The van der Waals surface area contributed by atoms with E-state index >= 15 is 0 Å². The molecular formula is C17H27Cl2N3O. The van der Waals surface area contributed by atoms with Gasteiger partial charge in [0.1, 0.15) is 0 Å². The van der Waals surface area contributed by atoms with Crippen molar-refractivity contribution < 1.29 is 4.79 Å². The molecule has 0 unspecified atom stereocenters. The molecule has 1 aromatic rings. The Morgan fingerprint density at radius 1 is 1.04 bits per heavy atom. The molecule has 2 aliphatic rings. The van der Waals surface area contributed by atoms with Crippen LogP contribution in [0.15, 0.2) is 30.3 Å². The number of benzene rings is 1. The van der Waals surface area contributed by atoms with Crippen molar-refractivity contribution >= 4 is 30.7 Å². The summed E-state index contributed by atoms with van der Waals surface area (Å²) in [5, 5.41) is 3.32. The van der Waals surface area contributed by atoms with Gasteiger partial charge in [-0.1, -0.05) is 30.3 Å². The van der Waals surface area contributed by atoms with Crippen molar-refractivity contribution in [3.63, 3.8) is 0 Å². The fourth-order valence-corrected chi connectivity index (χ4v) is 3.31. The molecule has 2 saturated heterocycles. The van der Waals surface area contributed by atoms with Crippen LogP contribution >= 0.6 is 24.8 Å². The zero-order valence-electron chi connectivity index (χ0n) is 13.4. The quantitative estimate of drug-likeness (QED) is 0.899. The summed E-state index contributed by atoms with van der Waals surface area (Å²) in [6, 6.07) is 10.7. The topological polar surface area (TPSA) is 35.6 Å². The molecule has 23 heavy (non-hydrogen) atoms. The predicted octanol–water partition coefficient (Wildman–Crippen LogP) is 2.32. The number of rotatable bonds is 3. The molecular weight excluding hydrogens is 333 g/mol. The predicted molar refractivity (Wildman–Crippen MR) is 98.4 cm³/mol. The third-order valence-electron chi connectivity index (χ3n) is 4.51. The van der Waals surface area contributed by atoms with Gasteiger partial charge in [-0.05, 0) is 31.4 Å². The Balaban J connectivity index is 0.00000132. The summed E-state index contributed by atoms with van der Waals surface area (Å²) < 4.78 is 0. The molecule has 2 heterocycles. The zero-order valence-corrected chi connectivity index (χ0v) is 15.1. The number of nitrogens with zero attached hydrogens (tertiary/aromatic N) is 2. The molecule has 1 N–H and O–H groups in total. The Kier molecular flexibility index (Phi) is 8.92. The molecule has 130 valence electrons. The molecule has 6 heteroatoms. The fourth-order valence-electron chi connectivity index (χ4n) is 3.31. The van der Waals surface area contributed by atoms with Crippen molar-refractivity contribution in [2.75, 3.05) is 32.7 Å². The van der Waals surface area contributed by atoms with Gasteiger partial charge in [0, 0.05) is 32.7 Å². The number of carbonyl (C=O) groups excluding carboxylic acids is 1. The Labute approximate surface area is 151 Å². The van der Waals surface area contributed by atoms with E-state index in [0.717, 1.165) is 58.5 Å². The zero-order chi connectivity index (χ0) is 14.5. The molecule has 4 nitrogen and oxygen atoms in total. The third-order valence-corrected chi connectivity index (χ3v) is 4.51. The highest BCUT2D eigenvalue weighted by Crippen LogP contribution is 2.13. The van der Waals surface area contributed by atoms with Gasteiger partial charge in [-0.25, -0.2) is 0 Å². The summed E-state index contributed by atoms with van der Waals surface area (Å²) in [6.45, 7) is 5.81. The van der Waals surface area contributed by atoms with Gasteiger partial charge in [0.25, 0.3) is 0 Å². The Hall–Kier alpha value is -0.810. The molecule has 2 fully saturated rings. The second kappa shape index (κ2) is 10.1. The summed E-state index contributed by atoms with van der Waals surface area (Å²) in [5.74, 6) is 0.314. The van der Waals surface area contributed by atoms with Gasteiger partial charge in [-0.15, -0.1) is 24.8 Å². The van der Waals surface area contributed by atoms with Gasteiger partial charge < -0.3 is 10.2 Å². The average molecular weight is 360 g/mol. The molecule has 0 aromatic heterocycles. The second-order valence-electron chi connectivity index (χ2n) is 6.09. The first-order valence-electron chi connectivity index (χ1n) is 8.11. The van der Waals surface area contributed by atoms with E-state index in [1.165, 1.54) is 5.56 Å². The van der Waals surface area contributed by atoms with E-state index in [0.29, 0.717) is 5.91 Å². The number of carbonyl (C=O) groups is 1. The summed E-state index contributed by atoms with van der Waals surface area (Å²) in [4.78, 5) is 17.0. The van der Waals surface area contributed by atoms with Crippen LogP contribution < -0.4 is 5.32 Å². The van der Waals surface area contributed by atoms with Gasteiger partial charge in [0.15, 0.2) is 0 Å². The maximum atomic E-state index is 12.5. The van der Waals surface area contributed by atoms with Crippen LogP contribution in [0.25, 0.3) is 0 Å². The van der Waals surface area contributed by atoms with E-state index in [1.807, 2.05) is 0 Å². The molecule has 2 aliphatic heterocycles. The Bertz CT molecular complexity index is 466. The summed E-state index contributed by atoms with van der Waals surface area (Å²) in [6.07, 6.45) is 3.21. The molecule has 0 radical (unpaired) electrons. The summed E-state index contributed by atoms with van der Waals surface area (Å²) in [5.41, 5.74) is 1.36. The Morgan fingerprint density at radius 2 is 1.83 bits per heavy atom. The lowest BCUT2D eigenvalue weighted by atomic mass is 10.2. The van der Waals surface area contributed by atoms with Crippen LogP contribution in [0.5, 0.6) is 0 Å². The molecule has 1 atom stereocenters. The van der Waals surface area contributed by atoms with Crippen molar-refractivity contribution in [1.29, 1.82) is 0 Å². The van der Waals surface area contributed by atoms with Gasteiger partial charge in [-0.3, -0.25) is 9.69 Å². The van der Waals surface area contributed by atoms with Gasteiger partial charge >= 0.3 is 0 Å². The monoisotopic (exact) mass is 359 g/mol. The first-order chi connectivity index (χ1) is 10.3. The summed E-state index contributed by atoms with van der Waals surface area (Å²) >= 11 is 0. The van der Waals surface area contributed by atoms with Crippen molar-refractivity contribution in [2.45, 2.75) is 31.8 Å². The Morgan fingerprint density at radius 3 is 2.52 bits per heavy atom. The van der Waals surface area contributed by atoms with Crippen LogP contribution in [0.3, 0.4) is 0 Å². The number of nitrogens with one attached hydrogen (secondary N) is 1. The molecule has 0 bridgehead atoms. The highest BCUT2D eigenvalue weighted by Gasteiger charge is 2.28. The van der Waals surface area contributed by atoms with E-state index in [-0.39, 0.29) is 30.9 Å². The lowest BCUT2D eigenvalue weighted by Crippen LogP contribution is -2.45. The maximum Gasteiger partial charge on any atom is 0.239 e. The van der Waals surface area contributed by atoms with Crippen LogP contribution in [-0.2, 0) is 11.3 Å². The number of hydrogen-bond acceptors (Lipinski definition) is 3. The van der Waals surface area contributed by atoms with E-state index in [9.17, 15) is 4.79 Å². The van der Waals surface area contributed by atoms with E-state index in [2.05, 4.69) is 45.4 Å². The van der Waals surface area contributed by atoms with E-state index in [4.69, 9.17) is 0 Å². The lowest BCUT2D eigenvalue weighted by Gasteiger charge is -2.24. The van der Waals surface area contributed by atoms with Crippen LogP contribution in [0, 0.1) is 0 Å². The first kappa shape index (κ1) is 20.2. The van der Waals surface area contributed by atoms with Crippen LogP contribution in [0.1, 0.15) is 24.8 Å². The molecule has 1 amide bonds. The van der Waals surface area contributed by atoms with Gasteiger partial charge in [0.2, 0.25) is 5.91 Å². The number of hydrogen-bond donors (Lipinski definition) is 1. The largest absolute Gasteiger partial charge is 0.340 e. The van der Waals surface area contributed by atoms with Gasteiger partial charge in [0.05, 0.1) is 6.04 Å². The molecule has 3 rings (SSSR count). The van der Waals surface area contributed by atoms with Crippen LogP contribution in [0.4, 0.5) is 0 Å². The van der Waals surface area contributed by atoms with Gasteiger partial charge in [-0.2, -0.15) is 0 Å². The van der Waals surface area contributed by atoms with Crippen molar-refractivity contribution in [3.05, 3.63) is 35.9 Å². The standard InChI is InChI=1S/C17H25N3O.2ClH/c21-17(16-8-4-9-18-16)20-11-5-10-19(12-13-20)14-15-6-2-1-3-7-15;;/h1-3,6-7,16,18H,4-5,8-14H2;2*1H/t16-;;/m0../s1. The average Bonchev–Trinajstić information content (AvgIpc) is 2.95. The SMILES string of the molecule is Cl.Cl.O=C([C@@H]1CCCN1)N1CCCN(Cc2ccccc2)CC1. The minimum atomic E-state index is 0. The molecule has 0 aliphatic carbocycles. The van der Waals surface area contributed by atoms with Crippen molar-refractivity contribution in [3.8, 4) is 0 Å². The maximum absolute atomic E-state index is 12.5. The first-order valence-corrected chi connectivity index (χ1v) is 8.11. The van der Waals surface area contributed by atoms with Crippen LogP contribution in [-0.4, -0.2) is 54.5 Å². The normalized spacial score (nSPS) is 21.9. The molecule has 1 aromatic carbocycles. The van der Waals surface area contributed by atoms with E-state index in [1.54, 1.807) is 0 Å². The van der Waals surface area contributed by atoms with Crippen LogP contribution in [0.2, 0.25) is 0 Å². The highest BCUT2D eigenvalue weighted by atomic mass is 35.5. The lowest BCUT2D eigenvalue weighted by molar-refractivity contribution is -0.132. The third kappa shape index (κ3) is 5.64. The molecule has 0 spiro atoms. The minimum Gasteiger partial charge on any atom is -0.340 e. The van der Waals surface area contributed by atoms with Crippen molar-refractivity contribution in [2.24, 2.45) is 0 Å². The number of halogens is 2. The molecule has 0 saturated carbocycles. The minimum absolute atomic E-state index is 0. The van der Waals surface area contributed by atoms with E-state index < -0.39 is 0 Å². The fraction of sp³-hybridized carbons (Fsp3) is 0.588. The number of amides is 1. The summed E-state index contributed by atoms with van der Waals surface area (Å²) in [7, 11) is 0. The smallest absolute Gasteiger partial charge is 0.239 e.